The van der Waals surface area contributed by atoms with Crippen LogP contribution in [0.15, 0.2) is 114 Å². The maximum Gasteiger partial charge on any atom is 0.387 e. The highest BCUT2D eigenvalue weighted by atomic mass is 31.1. The minimum absolute atomic E-state index is 0.269. The van der Waals surface area contributed by atoms with E-state index in [1.165, 1.54) is 0 Å². The van der Waals surface area contributed by atoms with Gasteiger partial charge in [0.2, 0.25) is 0 Å². The molecule has 0 aliphatic carbocycles. The lowest BCUT2D eigenvalue weighted by Crippen LogP contribution is -2.39. The molecule has 0 spiro atoms. The van der Waals surface area contributed by atoms with Crippen molar-refractivity contribution < 1.29 is 30.6 Å². The molecular weight excluding hydrogens is 534 g/mol. The van der Waals surface area contributed by atoms with Gasteiger partial charge in [-0.25, -0.2) is 0 Å². The van der Waals surface area contributed by atoms with Gasteiger partial charge in [-0.1, -0.05) is 72.8 Å². The topological polar surface area (TPSA) is 80.2 Å². The summed E-state index contributed by atoms with van der Waals surface area (Å²) in [6, 6.07) is 31.5. The van der Waals surface area contributed by atoms with E-state index in [1.807, 2.05) is 111 Å². The van der Waals surface area contributed by atoms with Gasteiger partial charge in [0.1, 0.15) is 34.5 Å². The van der Waals surface area contributed by atoms with Crippen LogP contribution >= 0.6 is 16.5 Å². The molecule has 2 aromatic heterocycles. The zero-order chi connectivity index (χ0) is 26.3. The number of hydrogen-bond acceptors (Lipinski definition) is 7. The van der Waals surface area contributed by atoms with Crippen molar-refractivity contribution in [2.75, 3.05) is 0 Å². The van der Waals surface area contributed by atoms with Crippen molar-refractivity contribution in [3.8, 4) is 0 Å². The fourth-order valence-electron chi connectivity index (χ4n) is 5.04. The van der Waals surface area contributed by atoms with Crippen LogP contribution in [0.2, 0.25) is 0 Å². The second kappa shape index (κ2) is 10.3. The Hall–Kier alpha value is -3.44. The van der Waals surface area contributed by atoms with Gasteiger partial charge in [-0.15, -0.1) is 0 Å². The summed E-state index contributed by atoms with van der Waals surface area (Å²) in [7, 11) is -3.60. The van der Waals surface area contributed by atoms with Gasteiger partial charge in [-0.2, -0.15) is 0 Å². The normalized spacial score (nSPS) is 21.2. The van der Waals surface area contributed by atoms with Gasteiger partial charge in [-0.3, -0.25) is 9.05 Å². The van der Waals surface area contributed by atoms with E-state index in [-0.39, 0.29) is 12.2 Å². The van der Waals surface area contributed by atoms with Crippen LogP contribution in [0.5, 0.6) is 0 Å². The molecule has 3 heterocycles. The molecule has 1 fully saturated rings. The standard InChI is InChI=1S/C30H26O7P2/c1-19-29(36-38-32-25-15-7-3-11-21(25)22-12-4-8-16-26(22)33-38)30(20(2)31-19)37-39-34-27-17-9-5-13-23(27)24-14-6-10-18-28(24)35-39/h3-20,29-30H,1-2H3/t19-,20-,29-,30-/m1/s1. The first-order chi connectivity index (χ1) is 19.1. The highest BCUT2D eigenvalue weighted by Gasteiger charge is 2.44. The van der Waals surface area contributed by atoms with Crippen LogP contribution < -0.4 is 9.05 Å². The molecule has 9 heteroatoms. The molecule has 39 heavy (non-hydrogen) atoms. The Bertz CT molecular complexity index is 1630. The Kier molecular flexibility index (Phi) is 6.48. The molecule has 0 N–H and O–H groups in total. The van der Waals surface area contributed by atoms with Crippen molar-refractivity contribution in [1.82, 2.24) is 0 Å². The van der Waals surface area contributed by atoms with Crippen molar-refractivity contribution in [3.05, 3.63) is 97.1 Å². The molecule has 6 aromatic rings. The SMILES string of the molecule is C[C@H]1O[C@H](C)[C@@H](Op2oc3ccccc3c3ccccc3o2)[C@@H]1Op1oc2ccccc2c2ccccc2o1. The van der Waals surface area contributed by atoms with Crippen LogP contribution in [0.25, 0.3) is 43.9 Å². The number of benzene rings is 4. The predicted octanol–water partition coefficient (Wildman–Crippen LogP) is 9.00. The van der Waals surface area contributed by atoms with Crippen molar-refractivity contribution in [1.29, 1.82) is 0 Å². The monoisotopic (exact) mass is 560 g/mol. The van der Waals surface area contributed by atoms with Crippen molar-refractivity contribution >= 4 is 60.4 Å². The third kappa shape index (κ3) is 4.67. The second-order valence-electron chi connectivity index (χ2n) is 9.48. The smallest absolute Gasteiger partial charge is 0.387 e. The molecule has 1 aliphatic rings. The van der Waals surface area contributed by atoms with Crippen LogP contribution in [0.1, 0.15) is 13.8 Å². The molecule has 198 valence electrons. The molecular formula is C30H26O7P2. The highest BCUT2D eigenvalue weighted by molar-refractivity contribution is 7.32. The fourth-order valence-corrected chi connectivity index (χ4v) is 7.54. The van der Waals surface area contributed by atoms with Crippen LogP contribution in [-0.2, 0) is 4.74 Å². The maximum absolute atomic E-state index is 6.52. The number of hydrogen-bond donors (Lipinski definition) is 0. The van der Waals surface area contributed by atoms with Gasteiger partial charge in [0.15, 0.2) is 0 Å². The van der Waals surface area contributed by atoms with Gasteiger partial charge in [0.05, 0.1) is 12.2 Å². The van der Waals surface area contributed by atoms with Gasteiger partial charge >= 0.3 is 16.5 Å². The molecule has 4 atom stereocenters. The first-order valence-electron chi connectivity index (χ1n) is 12.8. The summed E-state index contributed by atoms with van der Waals surface area (Å²) in [6.45, 7) is 3.93. The Morgan fingerprint density at radius 2 is 0.744 bits per heavy atom. The quantitative estimate of drug-likeness (QED) is 0.213. The van der Waals surface area contributed by atoms with Gasteiger partial charge in [0.25, 0.3) is 0 Å². The molecule has 1 aliphatic heterocycles. The van der Waals surface area contributed by atoms with Gasteiger partial charge in [0, 0.05) is 21.5 Å². The summed E-state index contributed by atoms with van der Waals surface area (Å²) in [4.78, 5) is 0. The van der Waals surface area contributed by atoms with Crippen molar-refractivity contribution in [2.24, 2.45) is 0 Å². The molecule has 7 rings (SSSR count). The van der Waals surface area contributed by atoms with E-state index in [1.54, 1.807) is 0 Å². The average molecular weight is 560 g/mol. The molecule has 1 saturated heterocycles. The van der Waals surface area contributed by atoms with Crippen LogP contribution in [0, 0.1) is 0 Å². The molecule has 0 unspecified atom stereocenters. The predicted molar refractivity (Wildman–Crippen MR) is 153 cm³/mol. The first-order valence-corrected chi connectivity index (χ1v) is 15.0. The maximum atomic E-state index is 6.52. The summed E-state index contributed by atoms with van der Waals surface area (Å²) in [6.07, 6.45) is -1.50. The zero-order valence-electron chi connectivity index (χ0n) is 21.3. The Morgan fingerprint density at radius 3 is 1.05 bits per heavy atom. The van der Waals surface area contributed by atoms with E-state index in [9.17, 15) is 0 Å². The molecule has 4 aromatic carbocycles. The third-order valence-corrected chi connectivity index (χ3v) is 9.13. The van der Waals surface area contributed by atoms with Crippen molar-refractivity contribution in [3.63, 3.8) is 0 Å². The fraction of sp³-hybridized carbons (Fsp3) is 0.200. The molecule has 0 saturated carbocycles. The highest BCUT2D eigenvalue weighted by Crippen LogP contribution is 2.40. The first kappa shape index (κ1) is 24.6. The lowest BCUT2D eigenvalue weighted by molar-refractivity contribution is 0.0386. The number of rotatable bonds is 4. The summed E-state index contributed by atoms with van der Waals surface area (Å²) < 4.78 is 44.4. The van der Waals surface area contributed by atoms with Crippen molar-refractivity contribution in [2.45, 2.75) is 38.3 Å². The lowest BCUT2D eigenvalue weighted by Gasteiger charge is -2.19. The van der Waals surface area contributed by atoms with E-state index in [0.717, 1.165) is 21.5 Å². The molecule has 7 nitrogen and oxygen atoms in total. The number of fused-ring (bicyclic) bond motifs is 6. The van der Waals surface area contributed by atoms with E-state index < -0.39 is 28.7 Å². The van der Waals surface area contributed by atoms with E-state index >= 15 is 0 Å². The molecule has 0 radical (unpaired) electrons. The third-order valence-electron chi connectivity index (χ3n) is 6.91. The average Bonchev–Trinajstić information content (AvgIpc) is 3.09. The van der Waals surface area contributed by atoms with Crippen LogP contribution in [0.3, 0.4) is 0 Å². The summed E-state index contributed by atoms with van der Waals surface area (Å²) in [5, 5.41) is 3.83. The second-order valence-corrected chi connectivity index (χ2v) is 11.5. The zero-order valence-corrected chi connectivity index (χ0v) is 23.1. The minimum atomic E-state index is -1.80. The van der Waals surface area contributed by atoms with E-state index in [0.29, 0.717) is 22.3 Å². The van der Waals surface area contributed by atoms with Gasteiger partial charge in [-0.05, 0) is 38.1 Å². The largest absolute Gasteiger partial charge is 0.399 e. The van der Waals surface area contributed by atoms with Gasteiger partial charge < -0.3 is 21.5 Å². The summed E-state index contributed by atoms with van der Waals surface area (Å²) in [5.74, 6) is 0. The summed E-state index contributed by atoms with van der Waals surface area (Å²) >= 11 is 0. The number of para-hydroxylation sites is 4. The Balaban J connectivity index is 1.30. The van der Waals surface area contributed by atoms with Crippen LogP contribution in [-0.4, -0.2) is 24.4 Å². The Morgan fingerprint density at radius 1 is 0.462 bits per heavy atom. The lowest BCUT2D eigenvalue weighted by atomic mass is 10.1. The van der Waals surface area contributed by atoms with E-state index in [4.69, 9.17) is 30.6 Å². The Labute approximate surface area is 226 Å². The molecule has 0 bridgehead atoms. The number of ether oxygens (including phenoxy) is 1. The summed E-state index contributed by atoms with van der Waals surface area (Å²) in [5.41, 5.74) is 2.83. The van der Waals surface area contributed by atoms with Crippen LogP contribution in [0.4, 0.5) is 0 Å². The van der Waals surface area contributed by atoms with E-state index in [2.05, 4.69) is 0 Å². The molecule has 0 amide bonds. The minimum Gasteiger partial charge on any atom is -0.399 e.